The van der Waals surface area contributed by atoms with E-state index in [9.17, 15) is 29.1 Å². The molecular weight excluding hydrogens is 468 g/mol. The molecule has 3 amide bonds. The van der Waals surface area contributed by atoms with Gasteiger partial charge in [-0.25, -0.2) is 4.79 Å². The predicted molar refractivity (Wildman–Crippen MR) is 124 cm³/mol. The molecule has 188 valence electrons. The van der Waals surface area contributed by atoms with Crippen molar-refractivity contribution in [3.63, 3.8) is 0 Å². The number of carbonyl (C=O) groups excluding carboxylic acids is 3. The van der Waals surface area contributed by atoms with E-state index >= 15 is 0 Å². The molecule has 0 radical (unpaired) electrons. The van der Waals surface area contributed by atoms with E-state index in [-0.39, 0.29) is 12.8 Å². The first kappa shape index (κ1) is 28.9. The van der Waals surface area contributed by atoms with Crippen molar-refractivity contribution in [1.82, 2.24) is 16.0 Å². The van der Waals surface area contributed by atoms with Crippen molar-refractivity contribution in [2.24, 2.45) is 5.73 Å². The predicted octanol–water partition coefficient (Wildman–Crippen LogP) is -1.68. The maximum Gasteiger partial charge on any atom is 0.326 e. The van der Waals surface area contributed by atoms with E-state index in [1.807, 2.05) is 0 Å². The zero-order valence-corrected chi connectivity index (χ0v) is 19.4. The lowest BCUT2D eigenvalue weighted by Gasteiger charge is -2.24. The summed E-state index contributed by atoms with van der Waals surface area (Å²) in [6.07, 6.45) is 1.13. The second-order valence-electron chi connectivity index (χ2n) is 7.38. The maximum absolute atomic E-state index is 12.9. The Morgan fingerprint density at radius 1 is 0.912 bits per heavy atom. The Labute approximate surface area is 200 Å². The lowest BCUT2D eigenvalue weighted by atomic mass is 10.0. The first-order chi connectivity index (χ1) is 16.1. The SMILES string of the molecule is CSCCC(NC(=O)C(Cc1ccccc1)NC(=O)C(CC(=O)O)NC(=O)C(N)CO)C(=O)O. The van der Waals surface area contributed by atoms with Gasteiger partial charge in [0, 0.05) is 6.42 Å². The number of nitrogens with two attached hydrogens (primary N) is 1. The van der Waals surface area contributed by atoms with Gasteiger partial charge in [-0.2, -0.15) is 11.8 Å². The fraction of sp³-hybridized carbons (Fsp3) is 0.476. The Hall–Kier alpha value is -3.16. The van der Waals surface area contributed by atoms with Gasteiger partial charge in [-0.15, -0.1) is 0 Å². The van der Waals surface area contributed by atoms with Gasteiger partial charge in [-0.3, -0.25) is 19.2 Å². The summed E-state index contributed by atoms with van der Waals surface area (Å²) in [5.41, 5.74) is 6.06. The monoisotopic (exact) mass is 498 g/mol. The zero-order chi connectivity index (χ0) is 25.7. The molecule has 4 atom stereocenters. The molecular formula is C21H30N4O8S. The van der Waals surface area contributed by atoms with Crippen molar-refractivity contribution < 1.29 is 39.3 Å². The van der Waals surface area contributed by atoms with Crippen LogP contribution >= 0.6 is 11.8 Å². The van der Waals surface area contributed by atoms with E-state index in [4.69, 9.17) is 15.9 Å². The number of amides is 3. The normalized spacial score (nSPS) is 14.2. The van der Waals surface area contributed by atoms with Gasteiger partial charge in [0.2, 0.25) is 17.7 Å². The van der Waals surface area contributed by atoms with E-state index in [0.29, 0.717) is 11.3 Å². The number of benzene rings is 1. The number of thioether (sulfide) groups is 1. The summed E-state index contributed by atoms with van der Waals surface area (Å²) >= 11 is 1.41. The molecule has 12 nitrogen and oxygen atoms in total. The molecule has 0 aliphatic heterocycles. The van der Waals surface area contributed by atoms with Crippen LogP contribution in [0.3, 0.4) is 0 Å². The van der Waals surface area contributed by atoms with Crippen molar-refractivity contribution in [3.8, 4) is 0 Å². The first-order valence-electron chi connectivity index (χ1n) is 10.3. The van der Waals surface area contributed by atoms with Crippen LogP contribution in [0.2, 0.25) is 0 Å². The van der Waals surface area contributed by atoms with Gasteiger partial charge < -0.3 is 37.0 Å². The number of hydrogen-bond donors (Lipinski definition) is 7. The second kappa shape index (κ2) is 14.9. The van der Waals surface area contributed by atoms with Crippen molar-refractivity contribution in [2.45, 2.75) is 43.4 Å². The molecule has 0 bridgehead atoms. The Balaban J connectivity index is 3.10. The molecule has 1 aromatic carbocycles. The van der Waals surface area contributed by atoms with Gasteiger partial charge in [0.05, 0.1) is 13.0 Å². The van der Waals surface area contributed by atoms with E-state index in [0.717, 1.165) is 0 Å². The fourth-order valence-electron chi connectivity index (χ4n) is 2.84. The summed E-state index contributed by atoms with van der Waals surface area (Å²) in [5.74, 6) is -4.86. The van der Waals surface area contributed by atoms with Gasteiger partial charge in [0.25, 0.3) is 0 Å². The Bertz CT molecular complexity index is 854. The number of aliphatic hydroxyl groups is 1. The Kier molecular flexibility index (Phi) is 12.6. The molecule has 0 aliphatic rings. The van der Waals surface area contributed by atoms with Gasteiger partial charge in [0.15, 0.2) is 0 Å². The molecule has 34 heavy (non-hydrogen) atoms. The molecule has 4 unspecified atom stereocenters. The molecule has 13 heteroatoms. The highest BCUT2D eigenvalue weighted by Gasteiger charge is 2.31. The molecule has 0 fully saturated rings. The van der Waals surface area contributed by atoms with E-state index in [1.165, 1.54) is 11.8 Å². The summed E-state index contributed by atoms with van der Waals surface area (Å²) in [5, 5.41) is 34.5. The van der Waals surface area contributed by atoms with Crippen LogP contribution in [-0.4, -0.2) is 87.8 Å². The highest BCUT2D eigenvalue weighted by molar-refractivity contribution is 7.98. The summed E-state index contributed by atoms with van der Waals surface area (Å²) in [6, 6.07) is 3.18. The lowest BCUT2D eigenvalue weighted by molar-refractivity contribution is -0.143. The minimum Gasteiger partial charge on any atom is -0.481 e. The van der Waals surface area contributed by atoms with Gasteiger partial charge in [-0.05, 0) is 24.0 Å². The largest absolute Gasteiger partial charge is 0.481 e. The Morgan fingerprint density at radius 2 is 1.47 bits per heavy atom. The molecule has 1 aromatic rings. The number of carbonyl (C=O) groups is 5. The van der Waals surface area contributed by atoms with Crippen LogP contribution in [0.4, 0.5) is 0 Å². The topological polar surface area (TPSA) is 208 Å². The molecule has 0 aliphatic carbocycles. The first-order valence-corrected chi connectivity index (χ1v) is 11.7. The average molecular weight is 499 g/mol. The number of aliphatic carboxylic acids is 2. The van der Waals surface area contributed by atoms with Crippen molar-refractivity contribution in [2.75, 3.05) is 18.6 Å². The molecule has 0 heterocycles. The third-order valence-electron chi connectivity index (χ3n) is 4.69. The molecule has 0 spiro atoms. The van der Waals surface area contributed by atoms with Crippen molar-refractivity contribution in [1.29, 1.82) is 0 Å². The standard InChI is InChI=1S/C21H30N4O8S/c1-34-8-7-14(21(32)33)23-19(30)15(9-12-5-3-2-4-6-12)25-20(31)16(10-17(27)28)24-18(29)13(22)11-26/h2-6,13-16,26H,7-11,22H2,1H3,(H,23,30)(H,24,29)(H,25,31)(H,27,28)(H,32,33). The lowest BCUT2D eigenvalue weighted by Crippen LogP contribution is -2.58. The van der Waals surface area contributed by atoms with Crippen LogP contribution in [0, 0.1) is 0 Å². The highest BCUT2D eigenvalue weighted by atomic mass is 32.2. The van der Waals surface area contributed by atoms with Gasteiger partial charge in [-0.1, -0.05) is 30.3 Å². The van der Waals surface area contributed by atoms with Crippen LogP contribution in [0.1, 0.15) is 18.4 Å². The van der Waals surface area contributed by atoms with Crippen LogP contribution < -0.4 is 21.7 Å². The third-order valence-corrected chi connectivity index (χ3v) is 5.33. The van der Waals surface area contributed by atoms with E-state index < -0.39 is 66.9 Å². The van der Waals surface area contributed by atoms with Crippen molar-refractivity contribution in [3.05, 3.63) is 35.9 Å². The van der Waals surface area contributed by atoms with Gasteiger partial charge in [0.1, 0.15) is 24.2 Å². The van der Waals surface area contributed by atoms with Gasteiger partial charge >= 0.3 is 11.9 Å². The summed E-state index contributed by atoms with van der Waals surface area (Å²) < 4.78 is 0. The molecule has 1 rings (SSSR count). The minimum absolute atomic E-state index is 0.0167. The number of carboxylic acid groups (broad SMARTS) is 2. The van der Waals surface area contributed by atoms with Crippen LogP contribution in [0.5, 0.6) is 0 Å². The number of nitrogens with one attached hydrogen (secondary N) is 3. The average Bonchev–Trinajstić information content (AvgIpc) is 2.80. The van der Waals surface area contributed by atoms with Crippen LogP contribution in [-0.2, 0) is 30.4 Å². The molecule has 0 saturated heterocycles. The Morgan fingerprint density at radius 3 is 2.00 bits per heavy atom. The van der Waals surface area contributed by atoms with Crippen molar-refractivity contribution >= 4 is 41.4 Å². The second-order valence-corrected chi connectivity index (χ2v) is 8.37. The quantitative estimate of drug-likeness (QED) is 0.146. The third kappa shape index (κ3) is 10.2. The smallest absolute Gasteiger partial charge is 0.326 e. The maximum atomic E-state index is 12.9. The number of aliphatic hydroxyl groups excluding tert-OH is 1. The summed E-state index contributed by atoms with van der Waals surface area (Å²) in [4.78, 5) is 60.5. The fourth-order valence-corrected chi connectivity index (χ4v) is 3.31. The minimum atomic E-state index is -1.58. The number of hydrogen-bond acceptors (Lipinski definition) is 8. The molecule has 8 N–H and O–H groups in total. The van der Waals surface area contributed by atoms with Crippen LogP contribution in [0.15, 0.2) is 30.3 Å². The molecule has 0 aromatic heterocycles. The number of carboxylic acids is 2. The van der Waals surface area contributed by atoms with E-state index in [1.54, 1.807) is 36.6 Å². The molecule has 0 saturated carbocycles. The summed E-state index contributed by atoms with van der Waals surface area (Å²) in [6.45, 7) is -0.723. The number of rotatable bonds is 15. The zero-order valence-electron chi connectivity index (χ0n) is 18.6. The summed E-state index contributed by atoms with van der Waals surface area (Å²) in [7, 11) is 0. The highest BCUT2D eigenvalue weighted by Crippen LogP contribution is 2.07. The van der Waals surface area contributed by atoms with Crippen LogP contribution in [0.25, 0.3) is 0 Å². The van der Waals surface area contributed by atoms with E-state index in [2.05, 4.69) is 16.0 Å².